The molecule has 15 heteroatoms. The van der Waals surface area contributed by atoms with Crippen LogP contribution in [0.4, 0.5) is 0 Å². The number of aliphatic carboxylic acids is 1. The number of hydrogen-bond acceptors (Lipinski definition) is 13. The van der Waals surface area contributed by atoms with Crippen LogP contribution in [0.2, 0.25) is 0 Å². The van der Waals surface area contributed by atoms with Crippen molar-refractivity contribution in [3.8, 4) is 0 Å². The van der Waals surface area contributed by atoms with Crippen molar-refractivity contribution >= 4 is 11.9 Å². The van der Waals surface area contributed by atoms with Crippen LogP contribution < -0.4 is 11.1 Å². The van der Waals surface area contributed by atoms with Gasteiger partial charge in [0, 0.05) is 6.92 Å². The number of hydrogen-bond donors (Lipinski definition) is 9. The van der Waals surface area contributed by atoms with E-state index in [1.165, 1.54) is 0 Å². The Balaban J connectivity index is 2.28. The Morgan fingerprint density at radius 3 is 2.06 bits per heavy atom. The molecule has 0 bridgehead atoms. The predicted molar refractivity (Wildman–Crippen MR) is 99.6 cm³/mol. The first-order chi connectivity index (χ1) is 15.0. The lowest BCUT2D eigenvalue weighted by atomic mass is 9.95. The third-order valence-corrected chi connectivity index (χ3v) is 5.12. The Hall–Kier alpha value is -1.50. The summed E-state index contributed by atoms with van der Waals surface area (Å²) >= 11 is 0. The van der Waals surface area contributed by atoms with Gasteiger partial charge >= 0.3 is 5.97 Å². The fraction of sp³-hybridized carbons (Fsp3) is 0.882. The van der Waals surface area contributed by atoms with Crippen LogP contribution in [0, 0.1) is 0 Å². The lowest BCUT2D eigenvalue weighted by Gasteiger charge is -2.47. The van der Waals surface area contributed by atoms with Crippen molar-refractivity contribution in [1.82, 2.24) is 5.32 Å². The summed E-state index contributed by atoms with van der Waals surface area (Å²) in [7, 11) is 0. The van der Waals surface area contributed by atoms with Crippen LogP contribution in [0.25, 0.3) is 0 Å². The smallest absolute Gasteiger partial charge is 0.322 e. The zero-order valence-electron chi connectivity index (χ0n) is 17.1. The van der Waals surface area contributed by atoms with Crippen molar-refractivity contribution in [1.29, 1.82) is 0 Å². The largest absolute Gasteiger partial charge is 0.480 e. The number of nitrogens with two attached hydrogens (primary N) is 1. The van der Waals surface area contributed by atoms with Crippen molar-refractivity contribution < 1.29 is 64.3 Å². The van der Waals surface area contributed by atoms with E-state index < -0.39 is 99.1 Å². The molecule has 2 aliphatic heterocycles. The number of carbonyl (C=O) groups is 2. The highest BCUT2D eigenvalue weighted by atomic mass is 16.7. The van der Waals surface area contributed by atoms with Gasteiger partial charge < -0.3 is 65.7 Å². The Labute approximate surface area is 182 Å². The normalized spacial score (nSPS) is 41.1. The minimum absolute atomic E-state index is 0.558. The summed E-state index contributed by atoms with van der Waals surface area (Å²) < 4.78 is 21.6. The van der Waals surface area contributed by atoms with E-state index in [4.69, 9.17) is 29.8 Å². The minimum atomic E-state index is -1.81. The molecule has 2 fully saturated rings. The van der Waals surface area contributed by atoms with Crippen LogP contribution >= 0.6 is 0 Å². The fourth-order valence-corrected chi connectivity index (χ4v) is 3.36. The van der Waals surface area contributed by atoms with E-state index >= 15 is 0 Å². The molecule has 11 unspecified atom stereocenters. The number of nitrogens with one attached hydrogen (secondary N) is 1. The molecule has 2 saturated heterocycles. The topological polar surface area (TPSA) is 251 Å². The third-order valence-electron chi connectivity index (χ3n) is 5.12. The molecule has 1 amide bonds. The summed E-state index contributed by atoms with van der Waals surface area (Å²) in [4.78, 5) is 22.7. The van der Waals surface area contributed by atoms with Gasteiger partial charge in [0.2, 0.25) is 5.91 Å². The van der Waals surface area contributed by atoms with Gasteiger partial charge in [-0.3, -0.25) is 9.59 Å². The van der Waals surface area contributed by atoms with Gasteiger partial charge in [-0.05, 0) is 0 Å². The quantitative estimate of drug-likeness (QED) is 0.152. The van der Waals surface area contributed by atoms with Crippen LogP contribution in [-0.2, 0) is 28.5 Å². The van der Waals surface area contributed by atoms with Crippen molar-refractivity contribution in [3.63, 3.8) is 0 Å². The van der Waals surface area contributed by atoms with Crippen LogP contribution in [0.3, 0.4) is 0 Å². The zero-order valence-corrected chi connectivity index (χ0v) is 17.1. The number of carbonyl (C=O) groups excluding carboxylic acids is 1. The monoisotopic (exact) mass is 470 g/mol. The molecule has 15 nitrogen and oxygen atoms in total. The first-order valence-corrected chi connectivity index (χ1v) is 9.79. The van der Waals surface area contributed by atoms with Crippen molar-refractivity contribution in [2.75, 3.05) is 19.8 Å². The van der Waals surface area contributed by atoms with E-state index in [9.17, 15) is 40.2 Å². The molecule has 186 valence electrons. The maximum Gasteiger partial charge on any atom is 0.322 e. The molecule has 0 aliphatic carbocycles. The average molecular weight is 470 g/mol. The van der Waals surface area contributed by atoms with Crippen LogP contribution in [0.15, 0.2) is 0 Å². The molecule has 10 N–H and O–H groups in total. The maximum absolute atomic E-state index is 11.7. The Morgan fingerprint density at radius 1 is 0.969 bits per heavy atom. The zero-order chi connectivity index (χ0) is 24.2. The maximum atomic E-state index is 11.7. The second kappa shape index (κ2) is 11.6. The standard InChI is InChI=1S/C17H30N2O13/c1-5(22)19-9-14(32-17-13(26)12(25)10(23)7(2-20)31-17)11(24)8(3-21)30-16(9)29-4-6(18)15(27)28/h6-14,16-17,20-21,23-26H,2-4,18H2,1H3,(H,19,22)(H,27,28). The van der Waals surface area contributed by atoms with Gasteiger partial charge in [0.25, 0.3) is 0 Å². The second-order valence-electron chi connectivity index (χ2n) is 7.52. The first kappa shape index (κ1) is 26.7. The molecule has 0 saturated carbocycles. The predicted octanol–water partition coefficient (Wildman–Crippen LogP) is -5.82. The first-order valence-electron chi connectivity index (χ1n) is 9.79. The number of rotatable bonds is 9. The summed E-state index contributed by atoms with van der Waals surface area (Å²) in [6.07, 6.45) is -14.1. The van der Waals surface area contributed by atoms with Crippen molar-refractivity contribution in [3.05, 3.63) is 0 Å². The SMILES string of the molecule is CC(=O)NC1C(OCC(N)C(=O)O)OC(CO)C(O)C1OC1OC(CO)C(O)C(O)C1O. The molecule has 0 radical (unpaired) electrons. The van der Waals surface area contributed by atoms with E-state index in [0.717, 1.165) is 6.92 Å². The summed E-state index contributed by atoms with van der Waals surface area (Å²) in [5.74, 6) is -1.99. The Bertz CT molecular complexity index is 638. The number of aliphatic hydroxyl groups excluding tert-OH is 6. The van der Waals surface area contributed by atoms with Crippen LogP contribution in [0.5, 0.6) is 0 Å². The van der Waals surface area contributed by atoms with E-state index in [2.05, 4.69) is 5.32 Å². The molecule has 32 heavy (non-hydrogen) atoms. The lowest BCUT2D eigenvalue weighted by Crippen LogP contribution is -2.68. The molecular weight excluding hydrogens is 440 g/mol. The minimum Gasteiger partial charge on any atom is -0.480 e. The number of carboxylic acids is 1. The van der Waals surface area contributed by atoms with Gasteiger partial charge in [0.15, 0.2) is 12.6 Å². The van der Waals surface area contributed by atoms with Gasteiger partial charge in [-0.25, -0.2) is 0 Å². The molecular formula is C17H30N2O13. The van der Waals surface area contributed by atoms with E-state index in [1.807, 2.05) is 0 Å². The Kier molecular flexibility index (Phi) is 9.68. The molecule has 0 aromatic carbocycles. The molecule has 2 heterocycles. The Morgan fingerprint density at radius 2 is 1.53 bits per heavy atom. The van der Waals surface area contributed by atoms with E-state index in [0.29, 0.717) is 0 Å². The third kappa shape index (κ3) is 6.09. The van der Waals surface area contributed by atoms with E-state index in [1.54, 1.807) is 0 Å². The van der Waals surface area contributed by atoms with Gasteiger partial charge in [-0.15, -0.1) is 0 Å². The number of ether oxygens (including phenoxy) is 4. The van der Waals surface area contributed by atoms with Crippen LogP contribution in [-0.4, -0.2) is 135 Å². The summed E-state index contributed by atoms with van der Waals surface area (Å²) in [6, 6.07) is -2.75. The van der Waals surface area contributed by atoms with Crippen molar-refractivity contribution in [2.24, 2.45) is 5.73 Å². The summed E-state index contributed by atoms with van der Waals surface area (Å²) in [5, 5.41) is 70.9. The fourth-order valence-electron chi connectivity index (χ4n) is 3.36. The van der Waals surface area contributed by atoms with Gasteiger partial charge in [-0.2, -0.15) is 0 Å². The van der Waals surface area contributed by atoms with E-state index in [-0.39, 0.29) is 0 Å². The molecule has 11 atom stereocenters. The van der Waals surface area contributed by atoms with Gasteiger partial charge in [0.05, 0.1) is 19.8 Å². The number of carboxylic acid groups (broad SMARTS) is 1. The average Bonchev–Trinajstić information content (AvgIpc) is 2.74. The lowest BCUT2D eigenvalue weighted by molar-refractivity contribution is -0.344. The van der Waals surface area contributed by atoms with Crippen molar-refractivity contribution in [2.45, 2.75) is 74.3 Å². The summed E-state index contributed by atoms with van der Waals surface area (Å²) in [6.45, 7) is -0.881. The number of aliphatic hydroxyl groups is 6. The van der Waals surface area contributed by atoms with Gasteiger partial charge in [0.1, 0.15) is 54.8 Å². The molecule has 2 rings (SSSR count). The second-order valence-corrected chi connectivity index (χ2v) is 7.52. The highest BCUT2D eigenvalue weighted by Gasteiger charge is 2.51. The molecule has 0 aromatic rings. The molecule has 0 aromatic heterocycles. The van der Waals surface area contributed by atoms with Crippen LogP contribution in [0.1, 0.15) is 6.92 Å². The highest BCUT2D eigenvalue weighted by Crippen LogP contribution is 2.29. The highest BCUT2D eigenvalue weighted by molar-refractivity contribution is 5.73. The summed E-state index contributed by atoms with van der Waals surface area (Å²) in [5.41, 5.74) is 5.41. The molecule has 0 spiro atoms. The van der Waals surface area contributed by atoms with Gasteiger partial charge in [-0.1, -0.05) is 0 Å². The molecule has 2 aliphatic rings. The number of amides is 1.